The van der Waals surface area contributed by atoms with Crippen LogP contribution in [0.5, 0.6) is 0 Å². The molecule has 0 spiro atoms. The van der Waals surface area contributed by atoms with E-state index < -0.39 is 19.1 Å². The first-order valence-electron chi connectivity index (χ1n) is 0.408. The molecule has 18 valence electrons. The molecule has 0 saturated heterocycles. The standard InChI is InChI=1S/Li.2O.Ti.H/q+1;;;;-1. The van der Waals surface area contributed by atoms with E-state index in [0.717, 1.165) is 0 Å². The Morgan fingerprint density at radius 3 is 1.50 bits per heavy atom. The summed E-state index contributed by atoms with van der Waals surface area (Å²) in [6.07, 6.45) is 0. The van der Waals surface area contributed by atoms with E-state index >= 15 is 0 Å². The van der Waals surface area contributed by atoms with Gasteiger partial charge in [-0.3, -0.25) is 0 Å². The Morgan fingerprint density at radius 1 is 1.50 bits per heavy atom. The molecule has 0 rings (SSSR count). The van der Waals surface area contributed by atoms with Crippen molar-refractivity contribution in [3.63, 3.8) is 0 Å². The van der Waals surface area contributed by atoms with Gasteiger partial charge in [0.1, 0.15) is 0 Å². The Balaban J connectivity index is -0.0000000200. The number of rotatable bonds is 0. The zero-order valence-corrected chi connectivity index (χ0v) is 3.88. The van der Waals surface area contributed by atoms with E-state index in [4.69, 9.17) is 6.65 Å². The van der Waals surface area contributed by atoms with E-state index in [1.807, 2.05) is 0 Å². The third kappa shape index (κ3) is 12.8. The van der Waals surface area contributed by atoms with Gasteiger partial charge in [0.2, 0.25) is 0 Å². The monoisotopic (exact) mass is 88.0 g/mol. The van der Waals surface area contributed by atoms with Gasteiger partial charge in [0, 0.05) is 0 Å². The molecule has 0 aromatic rings. The number of hydrogen-bond donors (Lipinski definition) is 0. The second-order valence-corrected chi connectivity index (χ2v) is 0.344. The van der Waals surface area contributed by atoms with Gasteiger partial charge in [-0.15, -0.1) is 0 Å². The topological polar surface area (TPSA) is 34.1 Å². The first kappa shape index (κ1) is 8.86. The number of hydrogen-bond acceptors (Lipinski definition) is 2. The van der Waals surface area contributed by atoms with E-state index in [9.17, 15) is 0 Å². The van der Waals surface area contributed by atoms with Crippen LogP contribution in [0.3, 0.4) is 0 Å². The van der Waals surface area contributed by atoms with Crippen molar-refractivity contribution in [1.29, 1.82) is 0 Å². The molecule has 0 unspecified atom stereocenters. The molecule has 0 aromatic heterocycles. The van der Waals surface area contributed by atoms with Crippen molar-refractivity contribution in [1.82, 2.24) is 0 Å². The zero-order chi connectivity index (χ0) is 2.71. The average molecular weight is 87.8 g/mol. The van der Waals surface area contributed by atoms with Crippen molar-refractivity contribution in [2.24, 2.45) is 0 Å². The van der Waals surface area contributed by atoms with Gasteiger partial charge in [0.15, 0.2) is 0 Å². The molecule has 0 amide bonds. The summed E-state index contributed by atoms with van der Waals surface area (Å²) in [6.45, 7) is 0. The van der Waals surface area contributed by atoms with Crippen LogP contribution >= 0.6 is 0 Å². The van der Waals surface area contributed by atoms with Gasteiger partial charge in [-0.1, -0.05) is 0 Å². The van der Waals surface area contributed by atoms with Gasteiger partial charge in [-0.05, 0) is 0 Å². The molecule has 0 aliphatic heterocycles. The minimum absolute atomic E-state index is 0. The van der Waals surface area contributed by atoms with Gasteiger partial charge in [0.05, 0.1) is 0 Å². The van der Waals surface area contributed by atoms with E-state index in [1.165, 1.54) is 0 Å². The van der Waals surface area contributed by atoms with Gasteiger partial charge in [0.25, 0.3) is 0 Å². The third-order valence-electron chi connectivity index (χ3n) is 0. The predicted octanol–water partition coefficient (Wildman–Crippen LogP) is -3.12. The van der Waals surface area contributed by atoms with Crippen LogP contribution in [0.4, 0.5) is 0 Å². The summed E-state index contributed by atoms with van der Waals surface area (Å²) in [5.41, 5.74) is 0. The predicted molar refractivity (Wildman–Crippen MR) is 2.49 cm³/mol. The quantitative estimate of drug-likeness (QED) is 0.293. The molecular formula is HLiO2Ti. The molecule has 0 N–H and O–H groups in total. The summed E-state index contributed by atoms with van der Waals surface area (Å²) < 4.78 is 17.0. The second-order valence-electron chi connectivity index (χ2n) is 0.0833. The maximum atomic E-state index is 8.50. The zero-order valence-electron chi connectivity index (χ0n) is 3.32. The van der Waals surface area contributed by atoms with Crippen molar-refractivity contribution >= 4 is 0 Å². The molecule has 0 heterocycles. The van der Waals surface area contributed by atoms with Crippen LogP contribution in [0.1, 0.15) is 1.43 Å². The Kier molecular flexibility index (Phi) is 20.1. The molecule has 4 heavy (non-hydrogen) atoms. The van der Waals surface area contributed by atoms with Crippen LogP contribution < -0.4 is 18.9 Å². The Bertz CT molecular complexity index is 30.6. The Morgan fingerprint density at radius 2 is 1.50 bits per heavy atom. The molecule has 0 bridgehead atoms. The van der Waals surface area contributed by atoms with Crippen LogP contribution in [0.2, 0.25) is 0 Å². The molecule has 0 aliphatic rings. The van der Waals surface area contributed by atoms with Crippen LogP contribution in [0.15, 0.2) is 0 Å². The molecule has 2 nitrogen and oxygen atoms in total. The molecule has 0 aliphatic carbocycles. The molecule has 0 atom stereocenters. The van der Waals surface area contributed by atoms with Crippen LogP contribution in [0, 0.1) is 0 Å². The second kappa shape index (κ2) is 9.07. The van der Waals surface area contributed by atoms with Crippen molar-refractivity contribution in [2.75, 3.05) is 0 Å². The van der Waals surface area contributed by atoms with Gasteiger partial charge in [-0.2, -0.15) is 0 Å². The van der Waals surface area contributed by atoms with Gasteiger partial charge < -0.3 is 1.43 Å². The average Bonchev–Trinajstić information content (AvgIpc) is 0.918. The summed E-state index contributed by atoms with van der Waals surface area (Å²) in [4.78, 5) is 0. The maximum absolute atomic E-state index is 8.50. The van der Waals surface area contributed by atoms with Gasteiger partial charge >= 0.3 is 44.6 Å². The van der Waals surface area contributed by atoms with Crippen molar-refractivity contribution in [3.05, 3.63) is 0 Å². The molecule has 0 aromatic carbocycles. The van der Waals surface area contributed by atoms with E-state index in [1.54, 1.807) is 0 Å². The van der Waals surface area contributed by atoms with Gasteiger partial charge in [-0.25, -0.2) is 0 Å². The normalized spacial score (nSPS) is 2.00. The molecule has 4 heteroatoms. The van der Waals surface area contributed by atoms with Crippen molar-refractivity contribution < 1.29 is 46.0 Å². The SMILES string of the molecule is [H-].[Li+].[O]=[Ti]=[O]. The van der Waals surface area contributed by atoms with Crippen molar-refractivity contribution in [3.8, 4) is 0 Å². The van der Waals surface area contributed by atoms with E-state index in [-0.39, 0.29) is 20.3 Å². The van der Waals surface area contributed by atoms with Crippen LogP contribution in [-0.4, -0.2) is 0 Å². The van der Waals surface area contributed by atoms with E-state index in [2.05, 4.69) is 0 Å². The first-order valence-corrected chi connectivity index (χ1v) is 1.68. The summed E-state index contributed by atoms with van der Waals surface area (Å²) in [7, 11) is 0. The minimum atomic E-state index is -2.00. The Hall–Kier alpha value is 0.912. The fourth-order valence-electron chi connectivity index (χ4n) is 0. The first-order chi connectivity index (χ1) is 1.41. The fourth-order valence-corrected chi connectivity index (χ4v) is 0. The summed E-state index contributed by atoms with van der Waals surface area (Å²) in [5, 5.41) is 0. The molecular weight excluding hydrogens is 86.8 g/mol. The van der Waals surface area contributed by atoms with Crippen LogP contribution in [0.25, 0.3) is 0 Å². The van der Waals surface area contributed by atoms with E-state index in [0.29, 0.717) is 0 Å². The van der Waals surface area contributed by atoms with Crippen LogP contribution in [-0.2, 0) is 25.7 Å². The van der Waals surface area contributed by atoms with Crippen molar-refractivity contribution in [2.45, 2.75) is 0 Å². The molecule has 0 fully saturated rings. The summed E-state index contributed by atoms with van der Waals surface area (Å²) in [5.74, 6) is 0. The summed E-state index contributed by atoms with van der Waals surface area (Å²) in [6, 6.07) is 0. The molecule has 0 saturated carbocycles. The Labute approximate surface area is 46.2 Å². The summed E-state index contributed by atoms with van der Waals surface area (Å²) >= 11 is -2.00. The fraction of sp³-hybridized carbons (Fsp3) is 0. The molecule has 0 radical (unpaired) electrons. The third-order valence-corrected chi connectivity index (χ3v) is 0.